The third kappa shape index (κ3) is 2.60. The summed E-state index contributed by atoms with van der Waals surface area (Å²) < 4.78 is 6.61. The second-order valence-electron chi connectivity index (χ2n) is 4.09. The maximum Gasteiger partial charge on any atom is 0.273 e. The molecule has 0 saturated carbocycles. The van der Waals surface area contributed by atoms with Crippen molar-refractivity contribution in [2.24, 2.45) is 7.05 Å². The maximum atomic E-state index is 11.7. The van der Waals surface area contributed by atoms with E-state index >= 15 is 0 Å². The lowest BCUT2D eigenvalue weighted by Gasteiger charge is -2.12. The zero-order valence-corrected chi connectivity index (χ0v) is 10.3. The van der Waals surface area contributed by atoms with Gasteiger partial charge in [0, 0.05) is 31.5 Å². The Morgan fingerprint density at radius 3 is 3.00 bits per heavy atom. The summed E-state index contributed by atoms with van der Waals surface area (Å²) in [5, 5.41) is 16.1. The average Bonchev–Trinajstić information content (AvgIpc) is 2.94. The SMILES string of the molecule is Cc1cc(C(=O)NCC(O)c2cccn2C)no1. The monoisotopic (exact) mass is 249 g/mol. The molecule has 0 bridgehead atoms. The Kier molecular flexibility index (Phi) is 3.47. The highest BCUT2D eigenvalue weighted by Crippen LogP contribution is 2.11. The second kappa shape index (κ2) is 5.05. The van der Waals surface area contributed by atoms with E-state index < -0.39 is 6.10 Å². The van der Waals surface area contributed by atoms with Gasteiger partial charge in [-0.25, -0.2) is 0 Å². The quantitative estimate of drug-likeness (QED) is 0.839. The van der Waals surface area contributed by atoms with E-state index in [1.54, 1.807) is 23.6 Å². The number of nitrogens with zero attached hydrogens (tertiary/aromatic N) is 2. The molecular formula is C12H15N3O3. The third-order valence-corrected chi connectivity index (χ3v) is 2.64. The van der Waals surface area contributed by atoms with Crippen molar-refractivity contribution in [2.75, 3.05) is 6.54 Å². The van der Waals surface area contributed by atoms with Crippen LogP contribution in [-0.2, 0) is 7.05 Å². The van der Waals surface area contributed by atoms with Gasteiger partial charge in [-0.1, -0.05) is 5.16 Å². The van der Waals surface area contributed by atoms with Gasteiger partial charge in [-0.05, 0) is 19.1 Å². The van der Waals surface area contributed by atoms with E-state index in [1.807, 2.05) is 19.3 Å². The van der Waals surface area contributed by atoms with Crippen LogP contribution in [0.1, 0.15) is 28.0 Å². The molecule has 1 unspecified atom stereocenters. The standard InChI is InChI=1S/C12H15N3O3/c1-8-6-9(14-18-8)12(17)13-7-11(16)10-4-3-5-15(10)2/h3-6,11,16H,7H2,1-2H3,(H,13,17). The summed E-state index contributed by atoms with van der Waals surface area (Å²) in [6, 6.07) is 5.18. The molecule has 1 atom stereocenters. The summed E-state index contributed by atoms with van der Waals surface area (Å²) in [5.74, 6) is 0.211. The molecule has 0 fully saturated rings. The fourth-order valence-electron chi connectivity index (χ4n) is 1.68. The van der Waals surface area contributed by atoms with Crippen LogP contribution in [0.4, 0.5) is 0 Å². The van der Waals surface area contributed by atoms with Crippen LogP contribution in [0.5, 0.6) is 0 Å². The van der Waals surface area contributed by atoms with Crippen LogP contribution in [-0.4, -0.2) is 27.3 Å². The minimum atomic E-state index is -0.748. The summed E-state index contributed by atoms with van der Waals surface area (Å²) in [4.78, 5) is 11.7. The van der Waals surface area contributed by atoms with Gasteiger partial charge in [0.1, 0.15) is 11.9 Å². The molecule has 2 aromatic rings. The van der Waals surface area contributed by atoms with Crippen LogP contribution in [0.25, 0.3) is 0 Å². The van der Waals surface area contributed by atoms with E-state index in [1.165, 1.54) is 0 Å². The zero-order valence-electron chi connectivity index (χ0n) is 10.3. The highest BCUT2D eigenvalue weighted by Gasteiger charge is 2.15. The number of rotatable bonds is 4. The molecule has 2 rings (SSSR count). The van der Waals surface area contributed by atoms with Crippen molar-refractivity contribution in [1.82, 2.24) is 15.0 Å². The third-order valence-electron chi connectivity index (χ3n) is 2.64. The number of hydrogen-bond donors (Lipinski definition) is 2. The summed E-state index contributed by atoms with van der Waals surface area (Å²) >= 11 is 0. The van der Waals surface area contributed by atoms with Gasteiger partial charge in [-0.15, -0.1) is 0 Å². The Hall–Kier alpha value is -2.08. The summed E-state index contributed by atoms with van der Waals surface area (Å²) in [6.07, 6.45) is 1.09. The van der Waals surface area contributed by atoms with Gasteiger partial charge >= 0.3 is 0 Å². The molecule has 6 heteroatoms. The van der Waals surface area contributed by atoms with E-state index in [0.29, 0.717) is 5.76 Å². The fraction of sp³-hybridized carbons (Fsp3) is 0.333. The second-order valence-corrected chi connectivity index (χ2v) is 4.09. The lowest BCUT2D eigenvalue weighted by molar-refractivity contribution is 0.0903. The molecular weight excluding hydrogens is 234 g/mol. The molecule has 96 valence electrons. The predicted octanol–water partition coefficient (Wildman–Crippen LogP) is 0.785. The van der Waals surface area contributed by atoms with Crippen LogP contribution in [0.15, 0.2) is 28.9 Å². The van der Waals surface area contributed by atoms with E-state index in [9.17, 15) is 9.90 Å². The molecule has 0 saturated heterocycles. The van der Waals surface area contributed by atoms with Gasteiger partial charge in [0.15, 0.2) is 5.69 Å². The molecule has 0 radical (unpaired) electrons. The molecule has 2 heterocycles. The Morgan fingerprint density at radius 2 is 2.44 bits per heavy atom. The number of carbonyl (C=O) groups excluding carboxylic acids is 1. The smallest absolute Gasteiger partial charge is 0.273 e. The number of carbonyl (C=O) groups is 1. The number of nitrogens with one attached hydrogen (secondary N) is 1. The number of aryl methyl sites for hydroxylation is 2. The number of aromatic nitrogens is 2. The van der Waals surface area contributed by atoms with E-state index in [-0.39, 0.29) is 18.1 Å². The molecule has 2 N–H and O–H groups in total. The normalized spacial score (nSPS) is 12.4. The van der Waals surface area contributed by atoms with Gasteiger partial charge < -0.3 is 19.5 Å². The largest absolute Gasteiger partial charge is 0.385 e. The first-order valence-corrected chi connectivity index (χ1v) is 5.58. The number of hydrogen-bond acceptors (Lipinski definition) is 4. The topological polar surface area (TPSA) is 80.3 Å². The molecule has 0 aliphatic heterocycles. The van der Waals surface area contributed by atoms with Crippen molar-refractivity contribution >= 4 is 5.91 Å². The van der Waals surface area contributed by atoms with E-state index in [4.69, 9.17) is 4.52 Å². The van der Waals surface area contributed by atoms with Gasteiger partial charge in [0.25, 0.3) is 5.91 Å². The lowest BCUT2D eigenvalue weighted by atomic mass is 10.2. The van der Waals surface area contributed by atoms with Crippen LogP contribution >= 0.6 is 0 Å². The highest BCUT2D eigenvalue weighted by molar-refractivity contribution is 5.92. The molecule has 0 aliphatic rings. The van der Waals surface area contributed by atoms with Crippen LogP contribution < -0.4 is 5.32 Å². The van der Waals surface area contributed by atoms with Crippen molar-refractivity contribution in [3.05, 3.63) is 41.5 Å². The van der Waals surface area contributed by atoms with Crippen LogP contribution in [0.3, 0.4) is 0 Å². The average molecular weight is 249 g/mol. The first-order chi connectivity index (χ1) is 8.58. The van der Waals surface area contributed by atoms with Gasteiger partial charge in [0.2, 0.25) is 0 Å². The minimum absolute atomic E-state index is 0.128. The first-order valence-electron chi connectivity index (χ1n) is 5.58. The van der Waals surface area contributed by atoms with E-state index in [0.717, 1.165) is 5.69 Å². The van der Waals surface area contributed by atoms with Crippen molar-refractivity contribution in [1.29, 1.82) is 0 Å². The van der Waals surface area contributed by atoms with Gasteiger partial charge in [-0.3, -0.25) is 4.79 Å². The molecule has 0 aliphatic carbocycles. The van der Waals surface area contributed by atoms with Crippen molar-refractivity contribution in [3.63, 3.8) is 0 Å². The fourth-order valence-corrected chi connectivity index (χ4v) is 1.68. The first kappa shape index (κ1) is 12.4. The Bertz CT molecular complexity index is 544. The number of aliphatic hydroxyl groups excluding tert-OH is 1. The summed E-state index contributed by atoms with van der Waals surface area (Å²) in [5.41, 5.74) is 0.957. The minimum Gasteiger partial charge on any atom is -0.385 e. The van der Waals surface area contributed by atoms with Crippen LogP contribution in [0.2, 0.25) is 0 Å². The van der Waals surface area contributed by atoms with Crippen molar-refractivity contribution in [3.8, 4) is 0 Å². The summed E-state index contributed by atoms with van der Waals surface area (Å²) in [6.45, 7) is 1.84. The molecule has 18 heavy (non-hydrogen) atoms. The molecule has 2 aromatic heterocycles. The molecule has 0 aromatic carbocycles. The van der Waals surface area contributed by atoms with Crippen molar-refractivity contribution < 1.29 is 14.4 Å². The Morgan fingerprint density at radius 1 is 1.67 bits per heavy atom. The predicted molar refractivity (Wildman–Crippen MR) is 63.9 cm³/mol. The summed E-state index contributed by atoms with van der Waals surface area (Å²) in [7, 11) is 1.83. The van der Waals surface area contributed by atoms with E-state index in [2.05, 4.69) is 10.5 Å². The Labute approximate surface area is 104 Å². The maximum absolute atomic E-state index is 11.7. The number of aliphatic hydroxyl groups is 1. The van der Waals surface area contributed by atoms with Gasteiger partial charge in [0.05, 0.1) is 0 Å². The molecule has 1 amide bonds. The Balaban J connectivity index is 1.92. The highest BCUT2D eigenvalue weighted by atomic mass is 16.5. The lowest BCUT2D eigenvalue weighted by Crippen LogP contribution is -2.29. The molecule has 0 spiro atoms. The van der Waals surface area contributed by atoms with Gasteiger partial charge in [-0.2, -0.15) is 0 Å². The zero-order chi connectivity index (χ0) is 13.1. The van der Waals surface area contributed by atoms with Crippen molar-refractivity contribution in [2.45, 2.75) is 13.0 Å². The number of amides is 1. The van der Waals surface area contributed by atoms with Crippen LogP contribution in [0, 0.1) is 6.92 Å². The molecule has 6 nitrogen and oxygen atoms in total.